The minimum Gasteiger partial charge on any atom is -0.361 e. The van der Waals surface area contributed by atoms with E-state index in [1.54, 1.807) is 6.33 Å². The lowest BCUT2D eigenvalue weighted by molar-refractivity contribution is 0.709. The Balaban J connectivity index is 1.88. The lowest BCUT2D eigenvalue weighted by Crippen LogP contribution is -2.11. The summed E-state index contributed by atoms with van der Waals surface area (Å²) in [7, 11) is 3.93. The van der Waals surface area contributed by atoms with Crippen molar-refractivity contribution in [2.24, 2.45) is 0 Å². The molecule has 5 nitrogen and oxygen atoms in total. The molecule has 102 valence electrons. The van der Waals surface area contributed by atoms with Crippen molar-refractivity contribution >= 4 is 17.0 Å². The van der Waals surface area contributed by atoms with E-state index in [2.05, 4.69) is 43.8 Å². The van der Waals surface area contributed by atoms with Crippen LogP contribution in [0.1, 0.15) is 5.56 Å². The number of hydrogen-bond donors (Lipinski definition) is 0. The van der Waals surface area contributed by atoms with Gasteiger partial charge in [0.05, 0.1) is 6.33 Å². The number of fused-ring (bicyclic) bond motifs is 1. The fraction of sp³-hybridized carbons (Fsp3) is 0.267. The predicted octanol–water partition coefficient (Wildman–Crippen LogP) is 2.13. The van der Waals surface area contributed by atoms with Gasteiger partial charge in [-0.05, 0) is 12.0 Å². The van der Waals surface area contributed by atoms with Gasteiger partial charge in [-0.2, -0.15) is 0 Å². The van der Waals surface area contributed by atoms with E-state index in [1.807, 2.05) is 31.4 Å². The van der Waals surface area contributed by atoms with Crippen LogP contribution in [0.15, 0.2) is 43.0 Å². The standard InChI is InChI=1S/C15H17N5/c1-19(2)14-13-15(17-10-16-14)20(11-18-13)9-8-12-6-4-3-5-7-12/h3-7,10-11H,8-9H2,1-2H3. The molecular weight excluding hydrogens is 250 g/mol. The third-order valence-electron chi connectivity index (χ3n) is 3.29. The maximum Gasteiger partial charge on any atom is 0.165 e. The first kappa shape index (κ1) is 12.6. The van der Waals surface area contributed by atoms with Gasteiger partial charge in [0.1, 0.15) is 6.33 Å². The molecule has 2 aromatic heterocycles. The highest BCUT2D eigenvalue weighted by Crippen LogP contribution is 2.19. The van der Waals surface area contributed by atoms with Crippen molar-refractivity contribution in [1.82, 2.24) is 19.5 Å². The third kappa shape index (κ3) is 2.34. The van der Waals surface area contributed by atoms with Crippen LogP contribution in [0, 0.1) is 0 Å². The van der Waals surface area contributed by atoms with E-state index < -0.39 is 0 Å². The van der Waals surface area contributed by atoms with Gasteiger partial charge >= 0.3 is 0 Å². The molecule has 0 aliphatic carbocycles. The van der Waals surface area contributed by atoms with Crippen LogP contribution in [-0.2, 0) is 13.0 Å². The molecule has 0 saturated carbocycles. The van der Waals surface area contributed by atoms with E-state index in [0.29, 0.717) is 0 Å². The molecule has 0 bridgehead atoms. The molecule has 0 saturated heterocycles. The molecule has 2 heterocycles. The van der Waals surface area contributed by atoms with E-state index in [4.69, 9.17) is 0 Å². The summed E-state index contributed by atoms with van der Waals surface area (Å²) in [5, 5.41) is 0. The number of rotatable bonds is 4. The van der Waals surface area contributed by atoms with Crippen LogP contribution in [0.4, 0.5) is 5.82 Å². The number of benzene rings is 1. The Morgan fingerprint density at radius 2 is 1.85 bits per heavy atom. The number of hydrogen-bond acceptors (Lipinski definition) is 4. The summed E-state index contributed by atoms with van der Waals surface area (Å²) in [5.74, 6) is 0.855. The van der Waals surface area contributed by atoms with Crippen LogP contribution in [0.2, 0.25) is 0 Å². The molecule has 0 aliphatic heterocycles. The molecule has 1 aromatic carbocycles. The third-order valence-corrected chi connectivity index (χ3v) is 3.29. The normalized spacial score (nSPS) is 10.9. The number of imidazole rings is 1. The largest absolute Gasteiger partial charge is 0.361 e. The molecule has 0 fully saturated rings. The Morgan fingerprint density at radius 1 is 1.05 bits per heavy atom. The van der Waals surface area contributed by atoms with Crippen molar-refractivity contribution in [3.8, 4) is 0 Å². The summed E-state index contributed by atoms with van der Waals surface area (Å²) in [6, 6.07) is 10.4. The molecule has 20 heavy (non-hydrogen) atoms. The van der Waals surface area contributed by atoms with Gasteiger partial charge in [0.15, 0.2) is 17.0 Å². The van der Waals surface area contributed by atoms with E-state index in [0.717, 1.165) is 29.9 Å². The van der Waals surface area contributed by atoms with Gasteiger partial charge in [0.25, 0.3) is 0 Å². The highest BCUT2D eigenvalue weighted by atomic mass is 15.2. The molecule has 0 amide bonds. The second-order valence-corrected chi connectivity index (χ2v) is 4.94. The summed E-state index contributed by atoms with van der Waals surface area (Å²) in [6.45, 7) is 0.865. The number of aromatic nitrogens is 4. The number of anilines is 1. The second kappa shape index (κ2) is 5.28. The quantitative estimate of drug-likeness (QED) is 0.726. The van der Waals surface area contributed by atoms with Crippen LogP contribution < -0.4 is 4.90 Å². The van der Waals surface area contributed by atoms with Crippen molar-refractivity contribution in [3.05, 3.63) is 48.5 Å². The number of nitrogens with zero attached hydrogens (tertiary/aromatic N) is 5. The smallest absolute Gasteiger partial charge is 0.165 e. The van der Waals surface area contributed by atoms with Crippen LogP contribution >= 0.6 is 0 Å². The molecule has 0 spiro atoms. The predicted molar refractivity (Wildman–Crippen MR) is 79.8 cm³/mol. The summed E-state index contributed by atoms with van der Waals surface area (Å²) >= 11 is 0. The fourth-order valence-corrected chi connectivity index (χ4v) is 2.25. The molecule has 0 atom stereocenters. The molecular formula is C15H17N5. The monoisotopic (exact) mass is 267 g/mol. The Labute approximate surface area is 117 Å². The zero-order valence-corrected chi connectivity index (χ0v) is 11.7. The maximum absolute atomic E-state index is 4.45. The van der Waals surface area contributed by atoms with Gasteiger partial charge in [0.2, 0.25) is 0 Å². The Hall–Kier alpha value is -2.43. The first-order valence-corrected chi connectivity index (χ1v) is 6.63. The van der Waals surface area contributed by atoms with Gasteiger partial charge in [-0.1, -0.05) is 30.3 Å². The first-order chi connectivity index (χ1) is 9.75. The summed E-state index contributed by atoms with van der Waals surface area (Å²) < 4.78 is 2.08. The minimum absolute atomic E-state index is 0.852. The van der Waals surface area contributed by atoms with Crippen molar-refractivity contribution < 1.29 is 0 Å². The Kier molecular flexibility index (Phi) is 3.33. The zero-order valence-electron chi connectivity index (χ0n) is 11.7. The van der Waals surface area contributed by atoms with Crippen molar-refractivity contribution in [2.75, 3.05) is 19.0 Å². The summed E-state index contributed by atoms with van der Waals surface area (Å²) in [4.78, 5) is 15.0. The highest BCUT2D eigenvalue weighted by Gasteiger charge is 2.11. The molecule has 5 heteroatoms. The Bertz CT molecular complexity index is 703. The van der Waals surface area contributed by atoms with E-state index >= 15 is 0 Å². The van der Waals surface area contributed by atoms with Crippen molar-refractivity contribution in [1.29, 1.82) is 0 Å². The van der Waals surface area contributed by atoms with E-state index in [1.165, 1.54) is 5.56 Å². The van der Waals surface area contributed by atoms with Crippen molar-refractivity contribution in [2.45, 2.75) is 13.0 Å². The minimum atomic E-state index is 0.852. The lowest BCUT2D eigenvalue weighted by atomic mass is 10.1. The average Bonchev–Trinajstić information content (AvgIpc) is 2.89. The van der Waals surface area contributed by atoms with Crippen molar-refractivity contribution in [3.63, 3.8) is 0 Å². The number of aryl methyl sites for hydroxylation is 2. The fourth-order valence-electron chi connectivity index (χ4n) is 2.25. The van der Waals surface area contributed by atoms with Gasteiger partial charge in [-0.25, -0.2) is 15.0 Å². The van der Waals surface area contributed by atoms with Crippen LogP contribution in [0.25, 0.3) is 11.2 Å². The summed E-state index contributed by atoms with van der Waals surface area (Å²) in [6.07, 6.45) is 4.40. The van der Waals surface area contributed by atoms with Crippen LogP contribution in [-0.4, -0.2) is 33.6 Å². The first-order valence-electron chi connectivity index (χ1n) is 6.63. The van der Waals surface area contributed by atoms with Crippen LogP contribution in [0.3, 0.4) is 0 Å². The highest BCUT2D eigenvalue weighted by molar-refractivity contribution is 5.82. The second-order valence-electron chi connectivity index (χ2n) is 4.94. The molecule has 0 aliphatic rings. The lowest BCUT2D eigenvalue weighted by Gasteiger charge is -2.11. The zero-order chi connectivity index (χ0) is 13.9. The Morgan fingerprint density at radius 3 is 2.60 bits per heavy atom. The van der Waals surface area contributed by atoms with E-state index in [-0.39, 0.29) is 0 Å². The van der Waals surface area contributed by atoms with E-state index in [9.17, 15) is 0 Å². The topological polar surface area (TPSA) is 46.8 Å². The maximum atomic E-state index is 4.45. The van der Waals surface area contributed by atoms with Gasteiger partial charge < -0.3 is 9.47 Å². The SMILES string of the molecule is CN(C)c1ncnc2c1ncn2CCc1ccccc1. The van der Waals surface area contributed by atoms with Gasteiger partial charge in [-0.15, -0.1) is 0 Å². The van der Waals surface area contributed by atoms with Gasteiger partial charge in [0, 0.05) is 20.6 Å². The molecule has 0 radical (unpaired) electrons. The molecule has 0 N–H and O–H groups in total. The average molecular weight is 267 g/mol. The molecule has 3 rings (SSSR count). The molecule has 3 aromatic rings. The molecule has 0 unspecified atom stereocenters. The summed E-state index contributed by atoms with van der Waals surface area (Å²) in [5.41, 5.74) is 3.06. The van der Waals surface area contributed by atoms with Gasteiger partial charge in [-0.3, -0.25) is 0 Å². The van der Waals surface area contributed by atoms with Crippen LogP contribution in [0.5, 0.6) is 0 Å².